The minimum absolute atomic E-state index is 0.307. The van der Waals surface area contributed by atoms with E-state index in [1.165, 1.54) is 26.2 Å². The molecule has 0 amide bonds. The van der Waals surface area contributed by atoms with Crippen LogP contribution in [0.4, 0.5) is 0 Å². The first kappa shape index (κ1) is 53.3. The lowest BCUT2D eigenvalue weighted by Gasteiger charge is -2.15. The van der Waals surface area contributed by atoms with Crippen LogP contribution in [0, 0.1) is 23.7 Å². The molecule has 0 radical (unpaired) electrons. The summed E-state index contributed by atoms with van der Waals surface area (Å²) in [4.78, 5) is 7.07. The van der Waals surface area contributed by atoms with Crippen molar-refractivity contribution in [1.29, 1.82) is 0 Å². The van der Waals surface area contributed by atoms with E-state index in [-0.39, 0.29) is 0 Å². The molecule has 0 saturated carbocycles. The van der Waals surface area contributed by atoms with Gasteiger partial charge in [0.2, 0.25) is 0 Å². The number of aromatic hydroxyl groups is 4. The van der Waals surface area contributed by atoms with Crippen molar-refractivity contribution in [3.05, 3.63) is 158 Å². The molecular formula is C56H70N2O8S2. The highest BCUT2D eigenvalue weighted by Gasteiger charge is 2.26. The minimum atomic E-state index is 0.307. The van der Waals surface area contributed by atoms with E-state index in [4.69, 9.17) is 39.4 Å². The van der Waals surface area contributed by atoms with E-state index < -0.39 is 0 Å². The van der Waals surface area contributed by atoms with E-state index >= 15 is 0 Å². The number of fused-ring (bicyclic) bond motifs is 2. The first-order valence-electron chi connectivity index (χ1n) is 23.5. The maximum atomic E-state index is 9.12. The summed E-state index contributed by atoms with van der Waals surface area (Å²) in [6.07, 6.45) is 0. The molecule has 6 aromatic carbocycles. The van der Waals surface area contributed by atoms with E-state index in [1.54, 1.807) is 108 Å². The second kappa shape index (κ2) is 30.0. The fraction of sp³-hybridized carbons (Fsp3) is 0.357. The summed E-state index contributed by atoms with van der Waals surface area (Å²) in [6, 6.07) is 47.9. The Balaban J connectivity index is 0.000000157. The molecule has 4 aliphatic heterocycles. The van der Waals surface area contributed by atoms with Crippen molar-refractivity contribution in [2.45, 2.75) is 37.5 Å². The first-order chi connectivity index (χ1) is 33.0. The van der Waals surface area contributed by atoms with E-state index in [0.29, 0.717) is 23.0 Å². The van der Waals surface area contributed by atoms with Crippen LogP contribution in [-0.2, 0) is 0 Å². The number of ether oxygens (including phenoxy) is 4. The van der Waals surface area contributed by atoms with Crippen molar-refractivity contribution >= 4 is 23.5 Å². The molecule has 6 aromatic rings. The van der Waals surface area contributed by atoms with Crippen molar-refractivity contribution in [2.75, 3.05) is 77.2 Å². The van der Waals surface area contributed by atoms with E-state index in [0.717, 1.165) is 107 Å². The summed E-state index contributed by atoms with van der Waals surface area (Å²) in [5, 5.41) is 35.5. The maximum absolute atomic E-state index is 9.12. The fourth-order valence-corrected chi connectivity index (χ4v) is 9.12. The third kappa shape index (κ3) is 20.3. The molecular weight excluding hydrogens is 893 g/mol. The summed E-state index contributed by atoms with van der Waals surface area (Å²) in [5.41, 5.74) is 0. The number of nitrogens with zero attached hydrogens (tertiary/aromatic N) is 2. The number of thioether (sulfide) groups is 2. The van der Waals surface area contributed by atoms with Gasteiger partial charge in [0.1, 0.15) is 59.2 Å². The number of hydrogen-bond donors (Lipinski definition) is 4. The Morgan fingerprint density at radius 3 is 1.07 bits per heavy atom. The topological polar surface area (TPSA) is 124 Å². The lowest BCUT2D eigenvalue weighted by atomic mass is 10.0. The quantitative estimate of drug-likeness (QED) is 0.116. The zero-order valence-corrected chi connectivity index (χ0v) is 41.6. The van der Waals surface area contributed by atoms with Gasteiger partial charge in [-0.25, -0.2) is 0 Å². The highest BCUT2D eigenvalue weighted by molar-refractivity contribution is 7.99. The van der Waals surface area contributed by atoms with Gasteiger partial charge in [0.25, 0.3) is 0 Å². The van der Waals surface area contributed by atoms with Crippen LogP contribution in [0.1, 0.15) is 27.7 Å². The van der Waals surface area contributed by atoms with Crippen LogP contribution in [0.2, 0.25) is 0 Å². The fourth-order valence-electron chi connectivity index (χ4n) is 7.40. The van der Waals surface area contributed by atoms with Crippen LogP contribution in [-0.4, -0.2) is 107 Å². The Bertz CT molecular complexity index is 2080. The predicted octanol–water partition coefficient (Wildman–Crippen LogP) is 11.8. The summed E-state index contributed by atoms with van der Waals surface area (Å²) in [7, 11) is 0. The molecule has 4 heterocycles. The van der Waals surface area contributed by atoms with E-state index in [1.807, 2.05) is 72.8 Å². The third-order valence-corrected chi connectivity index (χ3v) is 13.5. The van der Waals surface area contributed by atoms with Crippen LogP contribution in [0.5, 0.6) is 46.0 Å². The largest absolute Gasteiger partial charge is 0.508 e. The first-order valence-corrected chi connectivity index (χ1v) is 25.4. The van der Waals surface area contributed by atoms with Crippen LogP contribution >= 0.6 is 23.5 Å². The van der Waals surface area contributed by atoms with Crippen molar-refractivity contribution in [2.24, 2.45) is 23.7 Å². The van der Waals surface area contributed by atoms with Crippen LogP contribution in [0.25, 0.3) is 0 Å². The molecule has 2 saturated heterocycles. The van der Waals surface area contributed by atoms with Gasteiger partial charge in [-0.05, 0) is 109 Å². The average molecular weight is 963 g/mol. The summed E-state index contributed by atoms with van der Waals surface area (Å²) >= 11 is 3.44. The van der Waals surface area contributed by atoms with Gasteiger partial charge in [-0.1, -0.05) is 100 Å². The second-order valence-electron chi connectivity index (χ2n) is 17.1. The van der Waals surface area contributed by atoms with Crippen LogP contribution in [0.15, 0.2) is 168 Å². The Hall–Kier alpha value is -5.66. The number of likely N-dealkylation sites (tertiary alicyclic amines) is 2. The van der Waals surface area contributed by atoms with Crippen molar-refractivity contribution in [1.82, 2.24) is 9.80 Å². The van der Waals surface area contributed by atoms with E-state index in [9.17, 15) is 0 Å². The molecule has 0 aromatic heterocycles. The molecule has 4 atom stereocenters. The van der Waals surface area contributed by atoms with Gasteiger partial charge in [0, 0.05) is 50.8 Å². The number of para-hydroxylation sites is 4. The molecule has 364 valence electrons. The smallest absolute Gasteiger partial charge is 0.133 e. The summed E-state index contributed by atoms with van der Waals surface area (Å²) in [6.45, 7) is 19.4. The van der Waals surface area contributed by atoms with Gasteiger partial charge in [0.05, 0.1) is 23.0 Å². The van der Waals surface area contributed by atoms with E-state index in [2.05, 4.69) is 37.5 Å². The Morgan fingerprint density at radius 1 is 0.441 bits per heavy atom. The molecule has 4 N–H and O–H groups in total. The van der Waals surface area contributed by atoms with Gasteiger partial charge in [0.15, 0.2) is 0 Å². The molecule has 12 heteroatoms. The summed E-state index contributed by atoms with van der Waals surface area (Å²) < 4.78 is 22.1. The summed E-state index contributed by atoms with van der Waals surface area (Å²) in [5.74, 6) is 10.2. The number of hydrogen-bond acceptors (Lipinski definition) is 12. The monoisotopic (exact) mass is 962 g/mol. The lowest BCUT2D eigenvalue weighted by molar-refractivity contribution is 0.232. The zero-order valence-electron chi connectivity index (χ0n) is 39.9. The second-order valence-corrected chi connectivity index (χ2v) is 19.4. The zero-order chi connectivity index (χ0) is 48.4. The van der Waals surface area contributed by atoms with Crippen LogP contribution < -0.4 is 18.9 Å². The van der Waals surface area contributed by atoms with Crippen molar-refractivity contribution < 1.29 is 39.4 Å². The molecule has 10 rings (SSSR count). The molecule has 0 aliphatic carbocycles. The Kier molecular flexibility index (Phi) is 23.5. The predicted molar refractivity (Wildman–Crippen MR) is 278 cm³/mol. The van der Waals surface area contributed by atoms with Crippen molar-refractivity contribution in [3.8, 4) is 46.0 Å². The SMILES string of the molecule is C[C@@H]1CN(CCOc2ccccc2)C[C@H]1C.C[C@H]1CN(CCOc2ccccc2)C[C@@H]1C.Oc1ccc2c(c1)SCCO2.Oc1ccc2c(c1)SCCO2.Oc1ccccc1.Oc1ccccc1. The standard InChI is InChI=1S/2C14H21NO.2C8H8O2S.2C6H6O/c2*1-12-10-15(11-13(12)2)8-9-16-14-6-4-3-5-7-14;2*9-6-1-2-7-8(5-6)11-4-3-10-7;2*7-6-4-2-1-3-5-6/h2*3-7,12-13H,8-11H2,1-2H3;2*1-2,5,9H,3-4H2;2*1-5,7H/t2*12-,13-;;;;/m10..../s1. The Morgan fingerprint density at radius 2 is 0.765 bits per heavy atom. The van der Waals surface area contributed by atoms with Gasteiger partial charge in [-0.15, -0.1) is 23.5 Å². The van der Waals surface area contributed by atoms with Gasteiger partial charge in [-0.2, -0.15) is 0 Å². The average Bonchev–Trinajstić information content (AvgIpc) is 3.86. The number of phenols is 4. The molecule has 68 heavy (non-hydrogen) atoms. The normalized spacial score (nSPS) is 18.9. The number of rotatable bonds is 8. The molecule has 2 fully saturated rings. The highest BCUT2D eigenvalue weighted by Crippen LogP contribution is 2.36. The molecule has 10 nitrogen and oxygen atoms in total. The lowest BCUT2D eigenvalue weighted by Crippen LogP contribution is -2.26. The number of benzene rings is 6. The molecule has 0 spiro atoms. The van der Waals surface area contributed by atoms with Gasteiger partial charge < -0.3 is 39.4 Å². The molecule has 4 aliphatic rings. The third-order valence-electron chi connectivity index (χ3n) is 11.5. The van der Waals surface area contributed by atoms with Crippen molar-refractivity contribution in [3.63, 3.8) is 0 Å². The number of phenolic OH excluding ortho intramolecular Hbond substituents is 4. The minimum Gasteiger partial charge on any atom is -0.508 e. The van der Waals surface area contributed by atoms with Gasteiger partial charge in [-0.3, -0.25) is 9.80 Å². The molecule has 0 unspecified atom stereocenters. The highest BCUT2D eigenvalue weighted by atomic mass is 32.2. The molecule has 0 bridgehead atoms. The van der Waals surface area contributed by atoms with Crippen LogP contribution in [0.3, 0.4) is 0 Å². The Labute approximate surface area is 412 Å². The maximum Gasteiger partial charge on any atom is 0.133 e. The van der Waals surface area contributed by atoms with Gasteiger partial charge >= 0.3 is 0 Å².